The molecule has 1 heterocycles. The lowest BCUT2D eigenvalue weighted by atomic mass is 10.1. The molecular weight excluding hydrogens is 269 g/mol. The van der Waals surface area contributed by atoms with Crippen molar-refractivity contribution in [2.24, 2.45) is 0 Å². The molecule has 0 spiro atoms. The predicted octanol–water partition coefficient (Wildman–Crippen LogP) is 3.00. The van der Waals surface area contributed by atoms with E-state index >= 15 is 0 Å². The Morgan fingerprint density at radius 2 is 1.80 bits per heavy atom. The Morgan fingerprint density at radius 1 is 1.15 bits per heavy atom. The number of anilines is 2. The van der Waals surface area contributed by atoms with Crippen molar-refractivity contribution in [2.45, 2.75) is 19.6 Å². The van der Waals surface area contributed by atoms with E-state index in [0.717, 1.165) is 17.7 Å². The molecule has 1 aromatic carbocycles. The zero-order chi connectivity index (χ0) is 14.8. The summed E-state index contributed by atoms with van der Waals surface area (Å²) in [6.45, 7) is 2.12. The first-order valence-corrected chi connectivity index (χ1v) is 5.85. The van der Waals surface area contributed by atoms with Crippen LogP contribution in [0.15, 0.2) is 30.6 Å². The number of nitrogen functional groups attached to an aromatic ring is 1. The van der Waals surface area contributed by atoms with Crippen LogP contribution in [0.5, 0.6) is 0 Å². The number of nitrogens with one attached hydrogen (secondary N) is 1. The monoisotopic (exact) mass is 282 g/mol. The van der Waals surface area contributed by atoms with Crippen molar-refractivity contribution in [3.05, 3.63) is 47.3 Å². The van der Waals surface area contributed by atoms with Crippen LogP contribution < -0.4 is 11.1 Å². The summed E-state index contributed by atoms with van der Waals surface area (Å²) in [5.41, 5.74) is 6.40. The molecule has 7 heteroatoms. The molecule has 0 saturated carbocycles. The van der Waals surface area contributed by atoms with Crippen LogP contribution in [0.1, 0.15) is 16.7 Å². The van der Waals surface area contributed by atoms with E-state index in [2.05, 4.69) is 15.3 Å². The molecule has 2 aromatic rings. The lowest BCUT2D eigenvalue weighted by Gasteiger charge is -2.10. The summed E-state index contributed by atoms with van der Waals surface area (Å²) in [6, 6.07) is 4.96. The summed E-state index contributed by atoms with van der Waals surface area (Å²) in [5, 5.41) is 3.02. The van der Waals surface area contributed by atoms with Gasteiger partial charge in [0.15, 0.2) is 0 Å². The molecule has 0 aliphatic carbocycles. The number of aromatic nitrogens is 2. The van der Waals surface area contributed by atoms with E-state index in [1.807, 2.05) is 0 Å². The number of hydrogen-bond donors (Lipinski definition) is 2. The van der Waals surface area contributed by atoms with Crippen molar-refractivity contribution in [1.29, 1.82) is 0 Å². The summed E-state index contributed by atoms with van der Waals surface area (Å²) in [4.78, 5) is 7.86. The lowest BCUT2D eigenvalue weighted by molar-refractivity contribution is -0.137. The lowest BCUT2D eigenvalue weighted by Crippen LogP contribution is -2.07. The Morgan fingerprint density at radius 3 is 2.40 bits per heavy atom. The van der Waals surface area contributed by atoms with Gasteiger partial charge in [0.1, 0.15) is 18.0 Å². The van der Waals surface area contributed by atoms with Gasteiger partial charge in [0.05, 0.1) is 5.56 Å². The molecule has 0 radical (unpaired) electrons. The van der Waals surface area contributed by atoms with Crippen LogP contribution in [0.2, 0.25) is 0 Å². The normalized spacial score (nSPS) is 11.4. The van der Waals surface area contributed by atoms with Gasteiger partial charge in [-0.1, -0.05) is 12.1 Å². The van der Waals surface area contributed by atoms with E-state index in [0.29, 0.717) is 23.7 Å². The first-order chi connectivity index (χ1) is 9.38. The highest BCUT2D eigenvalue weighted by molar-refractivity contribution is 5.53. The fourth-order valence-corrected chi connectivity index (χ4v) is 1.64. The molecule has 0 unspecified atom stereocenters. The van der Waals surface area contributed by atoms with E-state index in [4.69, 9.17) is 5.73 Å². The van der Waals surface area contributed by atoms with Gasteiger partial charge in [0.2, 0.25) is 0 Å². The minimum Gasteiger partial charge on any atom is -0.383 e. The van der Waals surface area contributed by atoms with Crippen molar-refractivity contribution in [3.8, 4) is 0 Å². The minimum absolute atomic E-state index is 0.357. The van der Waals surface area contributed by atoms with E-state index in [-0.39, 0.29) is 0 Å². The van der Waals surface area contributed by atoms with E-state index in [1.165, 1.54) is 18.5 Å². The first kappa shape index (κ1) is 14.1. The van der Waals surface area contributed by atoms with Gasteiger partial charge in [0, 0.05) is 12.1 Å². The van der Waals surface area contributed by atoms with Crippen LogP contribution >= 0.6 is 0 Å². The standard InChI is InChI=1S/C13H13F3N4/c1-8-11(17)19-7-20-12(8)18-6-9-2-4-10(5-3-9)13(14,15)16/h2-5,7H,6H2,1H3,(H3,17,18,19,20). The fraction of sp³-hybridized carbons (Fsp3) is 0.231. The summed E-state index contributed by atoms with van der Waals surface area (Å²) in [6.07, 6.45) is -2.99. The SMILES string of the molecule is Cc1c(N)ncnc1NCc1ccc(C(F)(F)F)cc1. The zero-order valence-corrected chi connectivity index (χ0v) is 10.7. The van der Waals surface area contributed by atoms with Crippen molar-refractivity contribution in [1.82, 2.24) is 9.97 Å². The number of rotatable bonds is 3. The summed E-state index contributed by atoms with van der Waals surface area (Å²) < 4.78 is 37.3. The molecule has 0 aliphatic rings. The molecule has 0 bridgehead atoms. The molecule has 2 rings (SSSR count). The van der Waals surface area contributed by atoms with Gasteiger partial charge in [-0.15, -0.1) is 0 Å². The Kier molecular flexibility index (Phi) is 3.78. The van der Waals surface area contributed by atoms with Gasteiger partial charge in [-0.05, 0) is 24.6 Å². The van der Waals surface area contributed by atoms with E-state index < -0.39 is 11.7 Å². The van der Waals surface area contributed by atoms with E-state index in [1.54, 1.807) is 6.92 Å². The average Bonchev–Trinajstić information content (AvgIpc) is 2.40. The Hall–Kier alpha value is -2.31. The number of nitrogens with zero attached hydrogens (tertiary/aromatic N) is 2. The van der Waals surface area contributed by atoms with Crippen molar-refractivity contribution in [3.63, 3.8) is 0 Å². The van der Waals surface area contributed by atoms with Gasteiger partial charge >= 0.3 is 6.18 Å². The van der Waals surface area contributed by atoms with Gasteiger partial charge < -0.3 is 11.1 Å². The molecule has 1 aromatic heterocycles. The maximum Gasteiger partial charge on any atom is 0.416 e. The Bertz CT molecular complexity index is 594. The maximum absolute atomic E-state index is 12.4. The number of halogens is 3. The predicted molar refractivity (Wildman–Crippen MR) is 70.0 cm³/mol. The number of nitrogens with two attached hydrogens (primary N) is 1. The van der Waals surface area contributed by atoms with Gasteiger partial charge in [-0.3, -0.25) is 0 Å². The molecule has 0 atom stereocenters. The summed E-state index contributed by atoms with van der Waals surface area (Å²) in [7, 11) is 0. The Labute approximate surface area is 113 Å². The third-order valence-corrected chi connectivity index (χ3v) is 2.86. The van der Waals surface area contributed by atoms with Crippen LogP contribution in [0.25, 0.3) is 0 Å². The molecule has 106 valence electrons. The molecule has 3 N–H and O–H groups in total. The van der Waals surface area contributed by atoms with Crippen molar-refractivity contribution in [2.75, 3.05) is 11.1 Å². The van der Waals surface area contributed by atoms with Crippen LogP contribution in [-0.2, 0) is 12.7 Å². The maximum atomic E-state index is 12.4. The third kappa shape index (κ3) is 3.17. The minimum atomic E-state index is -4.32. The van der Waals surface area contributed by atoms with E-state index in [9.17, 15) is 13.2 Å². The largest absolute Gasteiger partial charge is 0.416 e. The Balaban J connectivity index is 2.06. The molecule has 4 nitrogen and oxygen atoms in total. The smallest absolute Gasteiger partial charge is 0.383 e. The molecule has 20 heavy (non-hydrogen) atoms. The molecule has 0 aliphatic heterocycles. The van der Waals surface area contributed by atoms with Crippen molar-refractivity contribution < 1.29 is 13.2 Å². The van der Waals surface area contributed by atoms with Crippen molar-refractivity contribution >= 4 is 11.6 Å². The highest BCUT2D eigenvalue weighted by Crippen LogP contribution is 2.29. The average molecular weight is 282 g/mol. The second-order valence-electron chi connectivity index (χ2n) is 4.28. The number of benzene rings is 1. The van der Waals surface area contributed by atoms with Crippen LogP contribution in [0.3, 0.4) is 0 Å². The fourth-order valence-electron chi connectivity index (χ4n) is 1.64. The highest BCUT2D eigenvalue weighted by atomic mass is 19.4. The third-order valence-electron chi connectivity index (χ3n) is 2.86. The molecular formula is C13H13F3N4. The quantitative estimate of drug-likeness (QED) is 0.908. The summed E-state index contributed by atoms with van der Waals surface area (Å²) in [5.74, 6) is 0.937. The van der Waals surface area contributed by atoms with Crippen LogP contribution in [0.4, 0.5) is 24.8 Å². The zero-order valence-electron chi connectivity index (χ0n) is 10.7. The first-order valence-electron chi connectivity index (χ1n) is 5.85. The van der Waals surface area contributed by atoms with Crippen LogP contribution in [0, 0.1) is 6.92 Å². The second-order valence-corrected chi connectivity index (χ2v) is 4.28. The second kappa shape index (κ2) is 5.36. The molecule has 0 saturated heterocycles. The van der Waals surface area contributed by atoms with Crippen LogP contribution in [-0.4, -0.2) is 9.97 Å². The topological polar surface area (TPSA) is 63.8 Å². The highest BCUT2D eigenvalue weighted by Gasteiger charge is 2.29. The van der Waals surface area contributed by atoms with Gasteiger partial charge in [-0.25, -0.2) is 9.97 Å². The molecule has 0 amide bonds. The summed E-state index contributed by atoms with van der Waals surface area (Å²) >= 11 is 0. The number of hydrogen-bond acceptors (Lipinski definition) is 4. The van der Waals surface area contributed by atoms with Gasteiger partial charge in [-0.2, -0.15) is 13.2 Å². The molecule has 0 fully saturated rings. The number of alkyl halides is 3. The van der Waals surface area contributed by atoms with Gasteiger partial charge in [0.25, 0.3) is 0 Å².